The summed E-state index contributed by atoms with van der Waals surface area (Å²) in [5, 5.41) is 0. The fourth-order valence-electron chi connectivity index (χ4n) is 2.12. The summed E-state index contributed by atoms with van der Waals surface area (Å²) in [6.45, 7) is 0. The third-order valence-electron chi connectivity index (χ3n) is 3.02. The molecule has 3 heteroatoms. The van der Waals surface area contributed by atoms with Gasteiger partial charge in [0.2, 0.25) is 0 Å². The number of carbonyl (C=O) groups is 1. The second kappa shape index (κ2) is 6.10. The number of ether oxygens (including phenoxy) is 1. The van der Waals surface area contributed by atoms with Crippen LogP contribution in [-0.4, -0.2) is 34.5 Å². The molecule has 0 spiro atoms. The molecule has 0 unspecified atom stereocenters. The predicted octanol–water partition coefficient (Wildman–Crippen LogP) is 2.94. The first-order valence-corrected chi connectivity index (χ1v) is 12.8. The van der Waals surface area contributed by atoms with Crippen LogP contribution in [0.5, 0.6) is 0 Å². The van der Waals surface area contributed by atoms with Gasteiger partial charge in [-0.3, -0.25) is 0 Å². The van der Waals surface area contributed by atoms with Gasteiger partial charge in [-0.25, -0.2) is 0 Å². The number of rotatable bonds is 3. The second-order valence-electron chi connectivity index (χ2n) is 4.24. The fraction of sp³-hybridized carbons (Fsp3) is 0.133. The van der Waals surface area contributed by atoms with Crippen molar-refractivity contribution in [1.82, 2.24) is 0 Å². The molecule has 0 saturated heterocycles. The third kappa shape index (κ3) is 2.96. The minimum absolute atomic E-state index is 0.307. The zero-order chi connectivity index (χ0) is 13.0. The molecule has 1 aromatic rings. The zero-order valence-corrected chi connectivity index (χ0v) is 13.9. The van der Waals surface area contributed by atoms with Crippen molar-refractivity contribution in [3.05, 3.63) is 63.5 Å². The molecule has 2 nitrogen and oxygen atoms in total. The van der Waals surface area contributed by atoms with E-state index in [4.69, 9.17) is 0 Å². The first kappa shape index (κ1) is 13.2. The Hall–Kier alpha value is -1.22. The van der Waals surface area contributed by atoms with Crippen LogP contribution in [0.25, 0.3) is 3.33 Å². The Morgan fingerprint density at radius 2 is 2.00 bits per heavy atom. The van der Waals surface area contributed by atoms with Gasteiger partial charge in [0.15, 0.2) is 0 Å². The van der Waals surface area contributed by atoms with E-state index >= 15 is 0 Å². The quantitative estimate of drug-likeness (QED) is 0.624. The summed E-state index contributed by atoms with van der Waals surface area (Å²) in [6.07, 6.45) is 5.50. The molecule has 90 valence electrons. The second-order valence-corrected chi connectivity index (χ2v) is 11.5. The van der Waals surface area contributed by atoms with Gasteiger partial charge in [0.1, 0.15) is 0 Å². The maximum atomic E-state index is 11.2. The van der Waals surface area contributed by atoms with Crippen LogP contribution in [0.3, 0.4) is 0 Å². The number of hydrogen-bond donors (Lipinski definition) is 0. The molecule has 1 heterocycles. The van der Waals surface area contributed by atoms with Crippen molar-refractivity contribution in [3.63, 3.8) is 0 Å². The van der Waals surface area contributed by atoms with Crippen molar-refractivity contribution in [3.8, 4) is 0 Å². The SMILES string of the molecule is COC(=O)/C=C/C1=[C](c2ccccc2)[In]([CH3])[CH]=C1. The maximum absolute atomic E-state index is 11.2. The molecule has 1 aromatic carbocycles. The summed E-state index contributed by atoms with van der Waals surface area (Å²) in [6, 6.07) is 10.4. The van der Waals surface area contributed by atoms with Gasteiger partial charge in [-0.2, -0.15) is 0 Å². The van der Waals surface area contributed by atoms with Gasteiger partial charge < -0.3 is 0 Å². The number of hydrogen-bond acceptors (Lipinski definition) is 2. The molecule has 0 radical (unpaired) electrons. The van der Waals surface area contributed by atoms with Gasteiger partial charge in [0.05, 0.1) is 0 Å². The van der Waals surface area contributed by atoms with E-state index in [1.807, 2.05) is 12.1 Å². The van der Waals surface area contributed by atoms with E-state index < -0.39 is 21.4 Å². The van der Waals surface area contributed by atoms with E-state index in [-0.39, 0.29) is 5.97 Å². The Kier molecular flexibility index (Phi) is 4.48. The Balaban J connectivity index is 2.35. The van der Waals surface area contributed by atoms with Crippen LogP contribution in [0.1, 0.15) is 5.56 Å². The summed E-state index contributed by atoms with van der Waals surface area (Å²) in [4.78, 5) is 11.2. The number of allylic oxidation sites excluding steroid dienone is 3. The van der Waals surface area contributed by atoms with Crippen LogP contribution < -0.4 is 0 Å². The van der Waals surface area contributed by atoms with E-state index in [0.29, 0.717) is 0 Å². The van der Waals surface area contributed by atoms with Gasteiger partial charge in [0.25, 0.3) is 0 Å². The molecule has 0 fully saturated rings. The number of carbonyl (C=O) groups excluding carboxylic acids is 1. The zero-order valence-electron chi connectivity index (χ0n) is 10.6. The van der Waals surface area contributed by atoms with Crippen LogP contribution in [0, 0.1) is 0 Å². The molecule has 1 aliphatic heterocycles. The van der Waals surface area contributed by atoms with Crippen molar-refractivity contribution in [2.24, 2.45) is 0 Å². The van der Waals surface area contributed by atoms with Gasteiger partial charge in [-0.05, 0) is 0 Å². The topological polar surface area (TPSA) is 26.3 Å². The molecule has 0 atom stereocenters. The molecule has 0 aliphatic carbocycles. The Morgan fingerprint density at radius 1 is 1.28 bits per heavy atom. The summed E-state index contributed by atoms with van der Waals surface area (Å²) in [5.41, 5.74) is 2.45. The first-order valence-electron chi connectivity index (χ1n) is 5.96. The summed E-state index contributed by atoms with van der Waals surface area (Å²) < 4.78 is 10.8. The molecular formula is C15H15InO2. The van der Waals surface area contributed by atoms with E-state index in [1.165, 1.54) is 22.1 Å². The van der Waals surface area contributed by atoms with Crippen molar-refractivity contribution in [2.75, 3.05) is 7.11 Å². The van der Waals surface area contributed by atoms with E-state index in [2.05, 4.69) is 43.6 Å². The van der Waals surface area contributed by atoms with Gasteiger partial charge in [-0.15, -0.1) is 0 Å². The third-order valence-corrected chi connectivity index (χ3v) is 9.71. The molecule has 0 N–H and O–H groups in total. The van der Waals surface area contributed by atoms with Gasteiger partial charge >= 0.3 is 116 Å². The number of esters is 1. The standard InChI is InChI=1S/C14H12O2.CH3.In/c1-3-12(9-10-14(15)16-2)11-13-7-5-4-6-8-13;;/h1,3-10H,2H3;1H3;/b3-1?,10-9+,12-11?;;. The number of benzene rings is 1. The van der Waals surface area contributed by atoms with Crippen molar-refractivity contribution in [1.29, 1.82) is 0 Å². The summed E-state index contributed by atoms with van der Waals surface area (Å²) in [5.74, 6) is -0.307. The molecule has 0 amide bonds. The molecule has 1 aliphatic rings. The summed E-state index contributed by atoms with van der Waals surface area (Å²) in [7, 11) is 1.39. The van der Waals surface area contributed by atoms with Crippen LogP contribution in [0.15, 0.2) is 58.0 Å². The first-order chi connectivity index (χ1) is 8.72. The van der Waals surface area contributed by atoms with Crippen molar-refractivity contribution < 1.29 is 9.53 Å². The molecule has 0 saturated carbocycles. The van der Waals surface area contributed by atoms with Gasteiger partial charge in [-0.1, -0.05) is 0 Å². The van der Waals surface area contributed by atoms with Crippen LogP contribution >= 0.6 is 0 Å². The fourth-order valence-corrected chi connectivity index (χ4v) is 8.18. The molecule has 2 rings (SSSR count). The molecular weight excluding hydrogens is 327 g/mol. The van der Waals surface area contributed by atoms with E-state index in [0.717, 1.165) is 5.57 Å². The monoisotopic (exact) mass is 342 g/mol. The van der Waals surface area contributed by atoms with Crippen LogP contribution in [0.2, 0.25) is 4.68 Å². The average Bonchev–Trinajstić information content (AvgIpc) is 2.78. The van der Waals surface area contributed by atoms with Crippen molar-refractivity contribution in [2.45, 2.75) is 4.68 Å². The molecule has 18 heavy (non-hydrogen) atoms. The Labute approximate surface area is 115 Å². The minimum atomic E-state index is -1.74. The Morgan fingerprint density at radius 3 is 2.67 bits per heavy atom. The predicted molar refractivity (Wildman–Crippen MR) is 75.3 cm³/mol. The van der Waals surface area contributed by atoms with E-state index in [9.17, 15) is 4.79 Å². The van der Waals surface area contributed by atoms with E-state index in [1.54, 1.807) is 0 Å². The number of methoxy groups -OCH3 is 1. The molecule has 0 aromatic heterocycles. The van der Waals surface area contributed by atoms with Crippen molar-refractivity contribution >= 4 is 30.7 Å². The molecule has 0 bridgehead atoms. The Bertz CT molecular complexity index is 527. The average molecular weight is 342 g/mol. The summed E-state index contributed by atoms with van der Waals surface area (Å²) >= 11 is -1.74. The normalized spacial score (nSPS) is 14.7. The van der Waals surface area contributed by atoms with Gasteiger partial charge in [0, 0.05) is 0 Å². The van der Waals surface area contributed by atoms with Crippen LogP contribution in [0.4, 0.5) is 0 Å². The van der Waals surface area contributed by atoms with Crippen LogP contribution in [-0.2, 0) is 9.53 Å².